The van der Waals surface area contributed by atoms with Gasteiger partial charge in [0.15, 0.2) is 0 Å². The van der Waals surface area contributed by atoms with Crippen LogP contribution in [0, 0.1) is 11.8 Å². The Morgan fingerprint density at radius 2 is 2.06 bits per heavy atom. The lowest BCUT2D eigenvalue weighted by atomic mass is 9.64. The molecule has 0 spiro atoms. The van der Waals surface area contributed by atoms with Crippen LogP contribution in [0.1, 0.15) is 52.4 Å². The van der Waals surface area contributed by atoms with Gasteiger partial charge < -0.3 is 15.6 Å². The first-order valence-electron chi connectivity index (χ1n) is 7.06. The van der Waals surface area contributed by atoms with Crippen molar-refractivity contribution >= 4 is 0 Å². The molecule has 2 fully saturated rings. The van der Waals surface area contributed by atoms with E-state index in [0.29, 0.717) is 18.4 Å². The van der Waals surface area contributed by atoms with E-state index >= 15 is 0 Å². The molecule has 3 nitrogen and oxygen atoms in total. The maximum atomic E-state index is 11.0. The van der Waals surface area contributed by atoms with Gasteiger partial charge in [-0.3, -0.25) is 0 Å². The summed E-state index contributed by atoms with van der Waals surface area (Å²) in [5.74, 6) is 1.24. The summed E-state index contributed by atoms with van der Waals surface area (Å²) in [5.41, 5.74) is 5.23. The summed E-state index contributed by atoms with van der Waals surface area (Å²) in [5, 5.41) is 11.0. The number of hydrogen-bond donors (Lipinski definition) is 2. The van der Waals surface area contributed by atoms with Gasteiger partial charge in [-0.25, -0.2) is 0 Å². The van der Waals surface area contributed by atoms with Crippen LogP contribution >= 0.6 is 0 Å². The van der Waals surface area contributed by atoms with Crippen molar-refractivity contribution in [1.82, 2.24) is 0 Å². The predicted octanol–water partition coefficient (Wildman–Crippen LogP) is 2.07. The molecule has 1 aliphatic heterocycles. The van der Waals surface area contributed by atoms with Crippen LogP contribution in [0.5, 0.6) is 0 Å². The van der Waals surface area contributed by atoms with Crippen molar-refractivity contribution in [3.8, 4) is 0 Å². The summed E-state index contributed by atoms with van der Waals surface area (Å²) < 4.78 is 5.51. The molecule has 1 saturated heterocycles. The Morgan fingerprint density at radius 1 is 1.29 bits per heavy atom. The van der Waals surface area contributed by atoms with E-state index in [-0.39, 0.29) is 0 Å². The first-order chi connectivity index (χ1) is 7.97. The molecular formula is C14H27NO2. The van der Waals surface area contributed by atoms with Crippen LogP contribution in [-0.2, 0) is 4.74 Å². The van der Waals surface area contributed by atoms with Gasteiger partial charge in [0.25, 0.3) is 0 Å². The largest absolute Gasteiger partial charge is 0.388 e. The average molecular weight is 241 g/mol. The van der Waals surface area contributed by atoms with Crippen molar-refractivity contribution in [3.05, 3.63) is 0 Å². The molecule has 3 N–H and O–H groups in total. The summed E-state index contributed by atoms with van der Waals surface area (Å²) in [7, 11) is 0. The highest BCUT2D eigenvalue weighted by atomic mass is 16.5. The summed E-state index contributed by atoms with van der Waals surface area (Å²) >= 11 is 0. The molecule has 0 aromatic rings. The van der Waals surface area contributed by atoms with Crippen molar-refractivity contribution in [3.63, 3.8) is 0 Å². The van der Waals surface area contributed by atoms with Crippen LogP contribution in [0.15, 0.2) is 0 Å². The molecule has 100 valence electrons. The molecule has 0 radical (unpaired) electrons. The van der Waals surface area contributed by atoms with E-state index in [2.05, 4.69) is 13.8 Å². The third kappa shape index (κ3) is 2.51. The second-order valence-electron chi connectivity index (χ2n) is 6.44. The van der Waals surface area contributed by atoms with Gasteiger partial charge in [-0.1, -0.05) is 20.3 Å². The molecule has 1 saturated carbocycles. The van der Waals surface area contributed by atoms with Gasteiger partial charge in [0.05, 0.1) is 17.7 Å². The van der Waals surface area contributed by atoms with Crippen LogP contribution in [0.4, 0.5) is 0 Å². The summed E-state index contributed by atoms with van der Waals surface area (Å²) in [4.78, 5) is 0. The van der Waals surface area contributed by atoms with Gasteiger partial charge >= 0.3 is 0 Å². The number of rotatable bonds is 2. The van der Waals surface area contributed by atoms with Crippen molar-refractivity contribution in [1.29, 1.82) is 0 Å². The van der Waals surface area contributed by atoms with Crippen molar-refractivity contribution in [2.75, 3.05) is 13.2 Å². The van der Waals surface area contributed by atoms with Crippen LogP contribution < -0.4 is 5.73 Å². The summed E-state index contributed by atoms with van der Waals surface area (Å²) in [6.07, 6.45) is 5.90. The van der Waals surface area contributed by atoms with Crippen LogP contribution in [0.25, 0.3) is 0 Å². The molecule has 0 amide bonds. The Hall–Kier alpha value is -0.120. The van der Waals surface area contributed by atoms with Crippen molar-refractivity contribution in [2.45, 2.75) is 63.5 Å². The Labute approximate surface area is 105 Å². The highest BCUT2D eigenvalue weighted by molar-refractivity contribution is 5.07. The normalized spacial score (nSPS) is 43.9. The fourth-order valence-corrected chi connectivity index (χ4v) is 3.50. The summed E-state index contributed by atoms with van der Waals surface area (Å²) in [6.45, 7) is 5.81. The van der Waals surface area contributed by atoms with Crippen molar-refractivity contribution in [2.24, 2.45) is 17.6 Å². The van der Waals surface area contributed by atoms with E-state index in [1.165, 1.54) is 6.42 Å². The molecule has 3 unspecified atom stereocenters. The first-order valence-corrected chi connectivity index (χ1v) is 7.06. The lowest BCUT2D eigenvalue weighted by molar-refractivity contribution is -0.127. The highest BCUT2D eigenvalue weighted by Crippen LogP contribution is 2.43. The molecule has 0 aromatic carbocycles. The molecule has 1 aliphatic carbocycles. The monoisotopic (exact) mass is 241 g/mol. The molecule has 2 rings (SSSR count). The van der Waals surface area contributed by atoms with Crippen LogP contribution in [0.2, 0.25) is 0 Å². The minimum atomic E-state index is -0.708. The standard InChI is InChI=1S/C14H27NO2/c1-11(2)12-5-3-7-14(16,9-12)13(15)6-4-8-17-10-13/h11-12,16H,3-10,15H2,1-2H3. The fourth-order valence-electron chi connectivity index (χ4n) is 3.50. The van der Waals surface area contributed by atoms with E-state index in [0.717, 1.165) is 38.7 Å². The highest BCUT2D eigenvalue weighted by Gasteiger charge is 2.50. The lowest BCUT2D eigenvalue weighted by Gasteiger charge is -2.51. The van der Waals surface area contributed by atoms with E-state index in [1.807, 2.05) is 0 Å². The minimum Gasteiger partial charge on any atom is -0.388 e. The smallest absolute Gasteiger partial charge is 0.0851 e. The maximum absolute atomic E-state index is 11.0. The average Bonchev–Trinajstić information content (AvgIpc) is 2.30. The topological polar surface area (TPSA) is 55.5 Å². The quantitative estimate of drug-likeness (QED) is 0.778. The summed E-state index contributed by atoms with van der Waals surface area (Å²) in [6, 6.07) is 0. The zero-order chi connectivity index (χ0) is 12.5. The molecular weight excluding hydrogens is 214 g/mol. The lowest BCUT2D eigenvalue weighted by Crippen LogP contribution is -2.66. The van der Waals surface area contributed by atoms with Gasteiger partial charge in [0.2, 0.25) is 0 Å². The third-order valence-corrected chi connectivity index (χ3v) is 4.91. The molecule has 1 heterocycles. The molecule has 3 heteroatoms. The number of hydrogen-bond acceptors (Lipinski definition) is 3. The Bertz CT molecular complexity index is 261. The maximum Gasteiger partial charge on any atom is 0.0851 e. The molecule has 3 atom stereocenters. The zero-order valence-electron chi connectivity index (χ0n) is 11.2. The fraction of sp³-hybridized carbons (Fsp3) is 1.00. The predicted molar refractivity (Wildman–Crippen MR) is 68.7 cm³/mol. The molecule has 17 heavy (non-hydrogen) atoms. The second-order valence-corrected chi connectivity index (χ2v) is 6.44. The van der Waals surface area contributed by atoms with Gasteiger partial charge in [0, 0.05) is 6.61 Å². The van der Waals surface area contributed by atoms with Crippen LogP contribution in [-0.4, -0.2) is 29.5 Å². The van der Waals surface area contributed by atoms with E-state index in [4.69, 9.17) is 10.5 Å². The second kappa shape index (κ2) is 4.87. The Kier molecular flexibility index (Phi) is 3.81. The van der Waals surface area contributed by atoms with E-state index < -0.39 is 11.1 Å². The van der Waals surface area contributed by atoms with Crippen LogP contribution in [0.3, 0.4) is 0 Å². The third-order valence-electron chi connectivity index (χ3n) is 4.91. The van der Waals surface area contributed by atoms with Gasteiger partial charge in [-0.2, -0.15) is 0 Å². The van der Waals surface area contributed by atoms with Gasteiger partial charge in [-0.15, -0.1) is 0 Å². The van der Waals surface area contributed by atoms with Gasteiger partial charge in [0.1, 0.15) is 0 Å². The minimum absolute atomic E-state index is 0.515. The number of ether oxygens (including phenoxy) is 1. The SMILES string of the molecule is CC(C)C1CCCC(O)(C2(N)CCCOC2)C1. The Balaban J connectivity index is 2.11. The molecule has 2 aliphatic rings. The van der Waals surface area contributed by atoms with E-state index in [1.54, 1.807) is 0 Å². The van der Waals surface area contributed by atoms with E-state index in [9.17, 15) is 5.11 Å². The molecule has 0 bridgehead atoms. The van der Waals surface area contributed by atoms with Gasteiger partial charge in [-0.05, 0) is 43.9 Å². The Morgan fingerprint density at radius 3 is 2.65 bits per heavy atom. The van der Waals surface area contributed by atoms with Crippen molar-refractivity contribution < 1.29 is 9.84 Å². The molecule has 0 aromatic heterocycles. The number of nitrogens with two attached hydrogens (primary N) is 1. The number of aliphatic hydroxyl groups is 1. The first kappa shape index (κ1) is 13.3. The zero-order valence-corrected chi connectivity index (χ0v) is 11.2.